The van der Waals surface area contributed by atoms with Crippen molar-refractivity contribution < 1.29 is 33.8 Å². The van der Waals surface area contributed by atoms with Gasteiger partial charge in [0.15, 0.2) is 0 Å². The lowest BCUT2D eigenvalue weighted by molar-refractivity contribution is 0.0763. The van der Waals surface area contributed by atoms with E-state index in [-0.39, 0.29) is 60.7 Å². The Morgan fingerprint density at radius 1 is 0.617 bits per heavy atom. The Morgan fingerprint density at radius 3 is 1.58 bits per heavy atom. The van der Waals surface area contributed by atoms with E-state index in [9.17, 15) is 29.1 Å². The zero-order valence-corrected chi connectivity index (χ0v) is 45.6. The van der Waals surface area contributed by atoms with Crippen LogP contribution < -0.4 is 16.0 Å². The number of nitrogens with zero attached hydrogens (tertiary/aromatic N) is 3. The number of halogens is 6. The average molecular weight is 1500 g/mol. The van der Waals surface area contributed by atoms with Crippen molar-refractivity contribution in [3.63, 3.8) is 0 Å². The zero-order chi connectivity index (χ0) is 45.1. The summed E-state index contributed by atoms with van der Waals surface area (Å²) >= 11 is 12.1. The van der Waals surface area contributed by atoms with E-state index in [2.05, 4.69) is 78.0 Å². The predicted octanol–water partition coefficient (Wildman–Crippen LogP) is 9.66. The molecule has 2 aromatic carbocycles. The summed E-state index contributed by atoms with van der Waals surface area (Å²) in [6, 6.07) is 1.02. The van der Waals surface area contributed by atoms with Crippen LogP contribution in [-0.2, 0) is 4.74 Å². The first kappa shape index (κ1) is 54.3. The van der Waals surface area contributed by atoms with Gasteiger partial charge in [-0.05, 0) is 161 Å². The van der Waals surface area contributed by atoms with Crippen LogP contribution in [0.5, 0.6) is 0 Å². The number of nitrogens with one attached hydrogen (secondary N) is 3. The minimum Gasteiger partial charge on any atom is -0.446 e. The van der Waals surface area contributed by atoms with Gasteiger partial charge in [-0.15, -0.1) is 39.5 Å². The fourth-order valence-corrected chi connectivity index (χ4v) is 13.8. The topological polar surface area (TPSA) is 161 Å². The molecular formula is C41H46I6N6O7. The van der Waals surface area contributed by atoms with E-state index in [1.807, 2.05) is 119 Å². The monoisotopic (exact) mass is 1500 g/mol. The number of anilines is 2. The molecule has 0 aliphatic rings. The fourth-order valence-electron chi connectivity index (χ4n) is 5.39. The summed E-state index contributed by atoms with van der Waals surface area (Å²) in [7, 11) is 0. The third-order valence-corrected chi connectivity index (χ3v) is 14.2. The molecule has 4 N–H and O–H groups in total. The van der Waals surface area contributed by atoms with Crippen LogP contribution in [0.25, 0.3) is 0 Å². The van der Waals surface area contributed by atoms with Crippen LogP contribution in [0.15, 0.2) is 82.0 Å². The summed E-state index contributed by atoms with van der Waals surface area (Å²) in [5, 5.41) is 18.7. The lowest BCUT2D eigenvalue weighted by Crippen LogP contribution is -2.39. The van der Waals surface area contributed by atoms with E-state index in [0.29, 0.717) is 52.3 Å². The van der Waals surface area contributed by atoms with Crippen molar-refractivity contribution in [2.24, 2.45) is 0 Å². The number of unbranched alkanes of at least 4 members (excludes halogenated alkanes) is 2. The molecule has 0 aliphatic heterocycles. The van der Waals surface area contributed by atoms with E-state index >= 15 is 0 Å². The number of hydrogen-bond acceptors (Lipinski definition) is 7. The maximum atomic E-state index is 14.3. The van der Waals surface area contributed by atoms with Gasteiger partial charge in [0.25, 0.3) is 17.7 Å². The summed E-state index contributed by atoms with van der Waals surface area (Å²) < 4.78 is 8.38. The van der Waals surface area contributed by atoms with E-state index < -0.39 is 24.8 Å². The van der Waals surface area contributed by atoms with Crippen LogP contribution in [-0.4, -0.2) is 108 Å². The largest absolute Gasteiger partial charge is 0.446 e. The molecule has 0 radical (unpaired) electrons. The highest BCUT2D eigenvalue weighted by atomic mass is 127. The molecule has 0 saturated carbocycles. The Balaban J connectivity index is 2.33. The molecule has 2 aromatic rings. The molecule has 60 heavy (non-hydrogen) atoms. The summed E-state index contributed by atoms with van der Waals surface area (Å²) in [5.74, 6) is -0.978. The van der Waals surface area contributed by atoms with Gasteiger partial charge < -0.3 is 35.2 Å². The number of carbonyl (C=O) groups is 5. The zero-order valence-electron chi connectivity index (χ0n) is 32.6. The molecule has 324 valence electrons. The van der Waals surface area contributed by atoms with Crippen LogP contribution >= 0.6 is 136 Å². The Labute approximate surface area is 433 Å². The number of aliphatic hydroxyl groups is 1. The fraction of sp³-hybridized carbons (Fsp3) is 0.293. The third kappa shape index (κ3) is 15.5. The van der Waals surface area contributed by atoms with E-state index in [1.165, 1.54) is 4.90 Å². The number of allylic oxidation sites excluding steroid dienone is 1. The first-order valence-electron chi connectivity index (χ1n) is 18.1. The van der Waals surface area contributed by atoms with Crippen molar-refractivity contribution in [2.75, 3.05) is 63.1 Å². The Bertz CT molecular complexity index is 1980. The van der Waals surface area contributed by atoms with Crippen molar-refractivity contribution in [1.29, 1.82) is 0 Å². The number of ether oxygens (including phenoxy) is 1. The number of hydrogen-bond donors (Lipinski definition) is 4. The molecule has 0 saturated heterocycles. The Morgan fingerprint density at radius 2 is 1.08 bits per heavy atom. The van der Waals surface area contributed by atoms with Crippen molar-refractivity contribution in [3.05, 3.63) is 120 Å². The van der Waals surface area contributed by atoms with Gasteiger partial charge in [0.1, 0.15) is 12.7 Å². The number of aliphatic hydroxyl groups excluding tert-OH is 1. The molecule has 0 aromatic heterocycles. The maximum Gasteiger partial charge on any atom is 0.411 e. The van der Waals surface area contributed by atoms with Crippen LogP contribution in [0.1, 0.15) is 50.3 Å². The standard InChI is InChI=1S/C41H46I6N6O7/c1-7-13-14-15-21-53(20-12-6)39(57)30-31(44)29(38(56)52(18-10-4)19-11-5)33(46)36(34(30)47)49-40(58)48-23-25(54)24-60-41(59)50-35-27(43)22-26(42)28(32(35)45)37(55)51(16-8-2)17-9-3/h7-12,22,25,54H,1-6,13-21,23-24H2,(H,50,59)(H2,48,49,58). The second kappa shape index (κ2) is 28.1. The third-order valence-electron chi connectivity index (χ3n) is 8.19. The normalized spacial score (nSPS) is 11.0. The predicted molar refractivity (Wildman–Crippen MR) is 290 cm³/mol. The maximum absolute atomic E-state index is 14.3. The summed E-state index contributed by atoms with van der Waals surface area (Å²) in [6.45, 7) is 23.5. The van der Waals surface area contributed by atoms with E-state index in [1.54, 1.807) is 46.2 Å². The molecule has 6 amide bonds. The van der Waals surface area contributed by atoms with Gasteiger partial charge >= 0.3 is 12.1 Å². The van der Waals surface area contributed by atoms with E-state index in [0.717, 1.165) is 19.3 Å². The number of urea groups is 1. The number of benzene rings is 2. The van der Waals surface area contributed by atoms with Crippen molar-refractivity contribution >= 4 is 177 Å². The van der Waals surface area contributed by atoms with Gasteiger partial charge in [-0.1, -0.05) is 36.5 Å². The molecule has 1 unspecified atom stereocenters. The van der Waals surface area contributed by atoms with Crippen molar-refractivity contribution in [3.8, 4) is 0 Å². The number of amides is 6. The summed E-state index contributed by atoms with van der Waals surface area (Å²) in [4.78, 5) is 72.9. The molecule has 0 bridgehead atoms. The highest BCUT2D eigenvalue weighted by Crippen LogP contribution is 2.37. The highest BCUT2D eigenvalue weighted by molar-refractivity contribution is 14.1. The van der Waals surface area contributed by atoms with Gasteiger partial charge in [-0.25, -0.2) is 9.59 Å². The van der Waals surface area contributed by atoms with Crippen LogP contribution in [0.3, 0.4) is 0 Å². The quantitative estimate of drug-likeness (QED) is 0.0463. The minimum absolute atomic E-state index is 0.217. The van der Waals surface area contributed by atoms with Crippen LogP contribution in [0.4, 0.5) is 21.0 Å². The van der Waals surface area contributed by atoms with Gasteiger partial charge in [0.05, 0.1) is 38.8 Å². The molecule has 0 spiro atoms. The van der Waals surface area contributed by atoms with E-state index in [4.69, 9.17) is 4.74 Å². The molecule has 0 aliphatic carbocycles. The van der Waals surface area contributed by atoms with Gasteiger partial charge in [0.2, 0.25) is 0 Å². The molecule has 0 heterocycles. The first-order chi connectivity index (χ1) is 28.5. The molecule has 0 fully saturated rings. The lowest BCUT2D eigenvalue weighted by Gasteiger charge is -2.27. The number of rotatable bonds is 24. The molecule has 1 atom stereocenters. The molecule has 19 heteroatoms. The molecule has 2 rings (SSSR count). The number of carbonyl (C=O) groups excluding carboxylic acids is 5. The van der Waals surface area contributed by atoms with Crippen LogP contribution in [0.2, 0.25) is 0 Å². The smallest absolute Gasteiger partial charge is 0.411 e. The second-order valence-electron chi connectivity index (χ2n) is 12.6. The summed E-state index contributed by atoms with van der Waals surface area (Å²) in [6.07, 6.45) is 10.0. The highest BCUT2D eigenvalue weighted by Gasteiger charge is 2.32. The van der Waals surface area contributed by atoms with Crippen molar-refractivity contribution in [1.82, 2.24) is 20.0 Å². The summed E-state index contributed by atoms with van der Waals surface area (Å²) in [5.41, 5.74) is 1.46. The minimum atomic E-state index is -1.32. The van der Waals surface area contributed by atoms with Crippen LogP contribution in [0, 0.1) is 21.4 Å². The Hall–Kier alpha value is -1.83. The molecular weight excluding hydrogens is 1450 g/mol. The van der Waals surface area contributed by atoms with Gasteiger partial charge in [0, 0.05) is 56.5 Å². The van der Waals surface area contributed by atoms with Gasteiger partial charge in [-0.3, -0.25) is 19.7 Å². The lowest BCUT2D eigenvalue weighted by atomic mass is 10.1. The molecule has 13 nitrogen and oxygen atoms in total. The van der Waals surface area contributed by atoms with Crippen molar-refractivity contribution in [2.45, 2.75) is 25.4 Å². The van der Waals surface area contributed by atoms with Gasteiger partial charge in [-0.2, -0.15) is 0 Å². The second-order valence-corrected chi connectivity index (χ2v) is 19.2. The average Bonchev–Trinajstić information content (AvgIpc) is 3.20. The first-order valence-corrected chi connectivity index (χ1v) is 24.6. The Kier molecular flexibility index (Phi) is 25.4. The SMILES string of the molecule is C=CCCCCN(CC=C)C(=O)c1c(I)c(NC(=O)NCC(O)COC(=O)Nc2c(I)cc(I)c(C(=O)N(CC=C)CC=C)c2I)c(I)c(C(=O)N(CC=C)CC=C)c1I.